The third-order valence-corrected chi connectivity index (χ3v) is 7.13. The van der Waals surface area contributed by atoms with E-state index in [1.807, 2.05) is 17.0 Å². The molecule has 8 heteroatoms. The van der Waals surface area contributed by atoms with Crippen molar-refractivity contribution in [2.45, 2.75) is 32.8 Å². The summed E-state index contributed by atoms with van der Waals surface area (Å²) < 4.78 is 23.5. The Kier molecular flexibility index (Phi) is 7.26. The smallest absolute Gasteiger partial charge is 0.274 e. The van der Waals surface area contributed by atoms with Crippen LogP contribution in [0.25, 0.3) is 16.3 Å². The highest BCUT2D eigenvalue weighted by molar-refractivity contribution is 7.20. The maximum atomic E-state index is 12.8. The molecule has 180 valence electrons. The lowest BCUT2D eigenvalue weighted by Crippen LogP contribution is -2.41. The quantitative estimate of drug-likeness (QED) is 0.441. The maximum Gasteiger partial charge on any atom is 0.274 e. The number of rotatable bonds is 7. The minimum Gasteiger partial charge on any atom is -0.493 e. The van der Waals surface area contributed by atoms with Crippen molar-refractivity contribution in [1.82, 2.24) is 9.88 Å². The van der Waals surface area contributed by atoms with Gasteiger partial charge < -0.3 is 23.8 Å². The second kappa shape index (κ2) is 10.3. The highest BCUT2D eigenvalue weighted by atomic mass is 32.1. The molecular weight excluding hydrogens is 452 g/mol. The number of hydrogen-bond acceptors (Lipinski definition) is 7. The lowest BCUT2D eigenvalue weighted by molar-refractivity contribution is -0.127. The van der Waals surface area contributed by atoms with Crippen LogP contribution in [0.15, 0.2) is 30.3 Å². The van der Waals surface area contributed by atoms with Crippen LogP contribution in [-0.4, -0.2) is 56.3 Å². The van der Waals surface area contributed by atoms with Gasteiger partial charge >= 0.3 is 0 Å². The molecule has 1 aromatic heterocycles. The number of carbonyl (C=O) groups excluding carboxylic acids is 1. The summed E-state index contributed by atoms with van der Waals surface area (Å²) in [6, 6.07) is 7.84. The van der Waals surface area contributed by atoms with E-state index in [0.29, 0.717) is 35.5 Å². The number of aromatic nitrogens is 1. The molecule has 3 aromatic rings. The molecule has 0 spiro atoms. The van der Waals surface area contributed by atoms with Crippen molar-refractivity contribution in [3.63, 3.8) is 0 Å². The fourth-order valence-corrected chi connectivity index (χ4v) is 5.13. The highest BCUT2D eigenvalue weighted by Crippen LogP contribution is 2.38. The average molecular weight is 483 g/mol. The van der Waals surface area contributed by atoms with Gasteiger partial charge in [-0.25, -0.2) is 4.98 Å². The summed E-state index contributed by atoms with van der Waals surface area (Å²) in [6.07, 6.45) is 4.96. The van der Waals surface area contributed by atoms with E-state index in [2.05, 4.69) is 26.0 Å². The first-order chi connectivity index (χ1) is 16.4. The van der Waals surface area contributed by atoms with Gasteiger partial charge in [0.1, 0.15) is 6.10 Å². The van der Waals surface area contributed by atoms with Gasteiger partial charge in [-0.3, -0.25) is 4.79 Å². The molecule has 4 rings (SSSR count). The highest BCUT2D eigenvalue weighted by Gasteiger charge is 2.24. The fourth-order valence-electron chi connectivity index (χ4n) is 4.10. The fraction of sp³-hybridized carbons (Fsp3) is 0.385. The second-order valence-corrected chi connectivity index (χ2v) is 9.25. The summed E-state index contributed by atoms with van der Waals surface area (Å²) >= 11 is 1.60. The number of methoxy groups -OCH3 is 3. The SMILES string of the molecule is COc1cc(/C=C/C(=O)N2CCC(Oc3nc4c(C)ccc(C)c4s3)CC2)cc(OC)c1OC. The molecular formula is C26H30N2O5S. The first-order valence-corrected chi connectivity index (χ1v) is 12.1. The number of aryl methyl sites for hydroxylation is 2. The third-order valence-electron chi connectivity index (χ3n) is 6.05. The number of ether oxygens (including phenoxy) is 4. The monoisotopic (exact) mass is 482 g/mol. The zero-order valence-electron chi connectivity index (χ0n) is 20.2. The Hall–Kier alpha value is -3.26. The second-order valence-electron chi connectivity index (χ2n) is 8.29. The van der Waals surface area contributed by atoms with Gasteiger partial charge in [0.05, 0.1) is 31.5 Å². The Morgan fingerprint density at radius 1 is 1.03 bits per heavy atom. The van der Waals surface area contributed by atoms with Crippen LogP contribution < -0.4 is 18.9 Å². The summed E-state index contributed by atoms with van der Waals surface area (Å²) in [5.41, 5.74) is 4.19. The van der Waals surface area contributed by atoms with Crippen molar-refractivity contribution < 1.29 is 23.7 Å². The van der Waals surface area contributed by atoms with Gasteiger partial charge in [-0.05, 0) is 48.7 Å². The number of fused-ring (bicyclic) bond motifs is 1. The Morgan fingerprint density at radius 2 is 1.68 bits per heavy atom. The molecule has 0 radical (unpaired) electrons. The van der Waals surface area contributed by atoms with Crippen LogP contribution in [0.4, 0.5) is 0 Å². The molecule has 0 unspecified atom stereocenters. The predicted octanol–water partition coefficient (Wildman–Crippen LogP) is 5.02. The number of piperidine rings is 1. The van der Waals surface area contributed by atoms with E-state index in [1.165, 1.54) is 10.3 Å². The minimum absolute atomic E-state index is 0.0292. The largest absolute Gasteiger partial charge is 0.493 e. The van der Waals surface area contributed by atoms with Crippen molar-refractivity contribution in [3.8, 4) is 22.4 Å². The molecule has 0 aliphatic carbocycles. The normalized spacial score (nSPS) is 14.6. The molecule has 2 aromatic carbocycles. The van der Waals surface area contributed by atoms with Crippen molar-refractivity contribution in [2.24, 2.45) is 0 Å². The first-order valence-electron chi connectivity index (χ1n) is 11.2. The van der Waals surface area contributed by atoms with Gasteiger partial charge in [-0.1, -0.05) is 23.5 Å². The molecule has 0 saturated carbocycles. The summed E-state index contributed by atoms with van der Waals surface area (Å²) in [5.74, 6) is 1.59. The van der Waals surface area contributed by atoms with E-state index in [4.69, 9.17) is 23.9 Å². The molecule has 1 fully saturated rings. The Labute approximate surface area is 203 Å². The first kappa shape index (κ1) is 23.9. The van der Waals surface area contributed by atoms with Crippen LogP contribution >= 0.6 is 11.3 Å². The minimum atomic E-state index is -0.0292. The molecule has 1 aliphatic rings. The van der Waals surface area contributed by atoms with Gasteiger partial charge in [0.25, 0.3) is 5.19 Å². The summed E-state index contributed by atoms with van der Waals surface area (Å²) in [6.45, 7) is 5.46. The third kappa shape index (κ3) is 4.97. The Bertz CT molecular complexity index is 1150. The van der Waals surface area contributed by atoms with Crippen LogP contribution in [0.3, 0.4) is 0 Å². The summed E-state index contributed by atoms with van der Waals surface area (Å²) in [7, 11) is 4.70. The van der Waals surface area contributed by atoms with E-state index < -0.39 is 0 Å². The van der Waals surface area contributed by atoms with Crippen LogP contribution in [0.2, 0.25) is 0 Å². The standard InChI is InChI=1S/C26H30N2O5S/c1-16-6-7-17(2)25-23(16)27-26(34-25)33-19-10-12-28(13-11-19)22(29)9-8-18-14-20(30-3)24(32-5)21(15-18)31-4/h6-9,14-15,19H,10-13H2,1-5H3/b9-8+. The van der Waals surface area contributed by atoms with Crippen molar-refractivity contribution >= 4 is 33.5 Å². The van der Waals surface area contributed by atoms with Gasteiger partial charge in [-0.15, -0.1) is 0 Å². The average Bonchev–Trinajstić information content (AvgIpc) is 3.29. The van der Waals surface area contributed by atoms with Crippen LogP contribution in [-0.2, 0) is 4.79 Å². The van der Waals surface area contributed by atoms with Crippen molar-refractivity contribution in [3.05, 3.63) is 47.0 Å². The van der Waals surface area contributed by atoms with Gasteiger partial charge in [0.15, 0.2) is 11.5 Å². The number of benzene rings is 2. The number of hydrogen-bond donors (Lipinski definition) is 0. The molecule has 0 atom stereocenters. The van der Waals surface area contributed by atoms with Crippen LogP contribution in [0.5, 0.6) is 22.4 Å². The molecule has 7 nitrogen and oxygen atoms in total. The van der Waals surface area contributed by atoms with E-state index in [1.54, 1.807) is 44.8 Å². The number of carbonyl (C=O) groups is 1. The van der Waals surface area contributed by atoms with E-state index in [-0.39, 0.29) is 12.0 Å². The number of likely N-dealkylation sites (tertiary alicyclic amines) is 1. The number of nitrogens with zero attached hydrogens (tertiary/aromatic N) is 2. The molecule has 0 N–H and O–H groups in total. The van der Waals surface area contributed by atoms with Gasteiger partial charge in [-0.2, -0.15) is 0 Å². The van der Waals surface area contributed by atoms with Gasteiger partial charge in [0, 0.05) is 32.0 Å². The van der Waals surface area contributed by atoms with Crippen molar-refractivity contribution in [2.75, 3.05) is 34.4 Å². The molecule has 34 heavy (non-hydrogen) atoms. The number of thiazole rings is 1. The van der Waals surface area contributed by atoms with Crippen molar-refractivity contribution in [1.29, 1.82) is 0 Å². The topological polar surface area (TPSA) is 70.1 Å². The van der Waals surface area contributed by atoms with E-state index >= 15 is 0 Å². The number of amides is 1. The molecule has 1 aliphatic heterocycles. The van der Waals surface area contributed by atoms with Crippen LogP contribution in [0.1, 0.15) is 29.5 Å². The molecule has 2 heterocycles. The zero-order chi connectivity index (χ0) is 24.2. The summed E-state index contributed by atoms with van der Waals surface area (Å²) in [5, 5.41) is 0.708. The van der Waals surface area contributed by atoms with Gasteiger partial charge in [0.2, 0.25) is 11.7 Å². The summed E-state index contributed by atoms with van der Waals surface area (Å²) in [4.78, 5) is 19.3. The molecule has 0 bridgehead atoms. The maximum absolute atomic E-state index is 12.8. The van der Waals surface area contributed by atoms with E-state index in [9.17, 15) is 4.79 Å². The Balaban J connectivity index is 1.36. The lowest BCUT2D eigenvalue weighted by atomic mass is 10.1. The lowest BCUT2D eigenvalue weighted by Gasteiger charge is -2.30. The molecule has 1 saturated heterocycles. The predicted molar refractivity (Wildman–Crippen MR) is 134 cm³/mol. The van der Waals surface area contributed by atoms with E-state index in [0.717, 1.165) is 29.5 Å². The van der Waals surface area contributed by atoms with Crippen LogP contribution in [0, 0.1) is 13.8 Å². The Morgan fingerprint density at radius 3 is 2.26 bits per heavy atom. The molecule has 1 amide bonds. The zero-order valence-corrected chi connectivity index (χ0v) is 21.0.